The maximum absolute atomic E-state index is 13.1. The van der Waals surface area contributed by atoms with Crippen LogP contribution in [0.15, 0.2) is 48.5 Å². The van der Waals surface area contributed by atoms with Crippen molar-refractivity contribution in [2.75, 3.05) is 6.61 Å². The monoisotopic (exact) mass is 478 g/mol. The van der Waals surface area contributed by atoms with Crippen LogP contribution in [-0.4, -0.2) is 41.3 Å². The zero-order chi connectivity index (χ0) is 25.0. The molecule has 7 heteroatoms. The maximum atomic E-state index is 13.1. The highest BCUT2D eigenvalue weighted by Crippen LogP contribution is 2.44. The normalized spacial score (nSPS) is 19.4. The Kier molecular flexibility index (Phi) is 7.43. The van der Waals surface area contributed by atoms with Crippen molar-refractivity contribution in [1.29, 1.82) is 0 Å². The zero-order valence-electron chi connectivity index (χ0n) is 20.4. The van der Waals surface area contributed by atoms with Crippen LogP contribution in [0, 0.1) is 5.92 Å². The molecule has 186 valence electrons. The first-order valence-electron chi connectivity index (χ1n) is 12.6. The lowest BCUT2D eigenvalue weighted by molar-refractivity contribution is -0.149. The second-order valence-corrected chi connectivity index (χ2v) is 9.55. The van der Waals surface area contributed by atoms with Crippen LogP contribution < -0.4 is 10.6 Å². The van der Waals surface area contributed by atoms with E-state index >= 15 is 0 Å². The van der Waals surface area contributed by atoms with Gasteiger partial charge in [0.05, 0.1) is 5.92 Å². The molecule has 2 aliphatic rings. The fourth-order valence-electron chi connectivity index (χ4n) is 5.52. The summed E-state index contributed by atoms with van der Waals surface area (Å²) in [5, 5.41) is 15.4. The summed E-state index contributed by atoms with van der Waals surface area (Å²) in [5.41, 5.74) is 3.31. The Morgan fingerprint density at radius 1 is 0.943 bits per heavy atom. The molecule has 1 saturated carbocycles. The van der Waals surface area contributed by atoms with E-state index in [0.717, 1.165) is 35.1 Å². The van der Waals surface area contributed by atoms with Crippen molar-refractivity contribution < 1.29 is 24.2 Å². The van der Waals surface area contributed by atoms with Gasteiger partial charge < -0.3 is 20.5 Å². The predicted molar refractivity (Wildman–Crippen MR) is 133 cm³/mol. The minimum absolute atomic E-state index is 0.0381. The van der Waals surface area contributed by atoms with E-state index in [9.17, 15) is 19.5 Å². The number of carbonyl (C=O) groups excluding carboxylic acids is 2. The van der Waals surface area contributed by atoms with Gasteiger partial charge in [0.25, 0.3) is 0 Å². The van der Waals surface area contributed by atoms with E-state index < -0.39 is 23.5 Å². The molecular formula is C28H34N2O5. The smallest absolute Gasteiger partial charge is 0.407 e. The third kappa shape index (κ3) is 4.90. The van der Waals surface area contributed by atoms with Crippen LogP contribution in [0.5, 0.6) is 0 Å². The number of alkyl carbamates (subject to hydrolysis) is 1. The molecular weight excluding hydrogens is 444 g/mol. The van der Waals surface area contributed by atoms with Crippen LogP contribution in [0.2, 0.25) is 0 Å². The third-order valence-electron chi connectivity index (χ3n) is 7.73. The summed E-state index contributed by atoms with van der Waals surface area (Å²) in [7, 11) is 0. The van der Waals surface area contributed by atoms with Crippen molar-refractivity contribution in [2.24, 2.45) is 5.92 Å². The van der Waals surface area contributed by atoms with Gasteiger partial charge in [-0.2, -0.15) is 0 Å². The quantitative estimate of drug-likeness (QED) is 0.503. The number of benzene rings is 2. The third-order valence-corrected chi connectivity index (χ3v) is 7.73. The van der Waals surface area contributed by atoms with E-state index in [1.165, 1.54) is 0 Å². The van der Waals surface area contributed by atoms with Crippen molar-refractivity contribution in [3.8, 4) is 11.1 Å². The number of ether oxygens (including phenoxy) is 1. The van der Waals surface area contributed by atoms with Crippen molar-refractivity contribution in [3.05, 3.63) is 59.7 Å². The van der Waals surface area contributed by atoms with Crippen LogP contribution in [0.1, 0.15) is 69.4 Å². The molecule has 0 aromatic heterocycles. The lowest BCUT2D eigenvalue weighted by atomic mass is 9.82. The van der Waals surface area contributed by atoms with E-state index in [-0.39, 0.29) is 24.5 Å². The summed E-state index contributed by atoms with van der Waals surface area (Å²) in [5.74, 6) is -1.88. The van der Waals surface area contributed by atoms with E-state index in [2.05, 4.69) is 34.9 Å². The van der Waals surface area contributed by atoms with Crippen LogP contribution in [-0.2, 0) is 14.3 Å². The molecule has 7 nitrogen and oxygen atoms in total. The predicted octanol–water partition coefficient (Wildman–Crippen LogP) is 4.84. The fraction of sp³-hybridized carbons (Fsp3) is 0.464. The van der Waals surface area contributed by atoms with Gasteiger partial charge in [-0.25, -0.2) is 9.59 Å². The van der Waals surface area contributed by atoms with E-state index in [1.54, 1.807) is 13.8 Å². The van der Waals surface area contributed by atoms with Crippen molar-refractivity contribution in [2.45, 2.75) is 69.9 Å². The van der Waals surface area contributed by atoms with Gasteiger partial charge in [-0.15, -0.1) is 0 Å². The second-order valence-electron chi connectivity index (χ2n) is 9.55. The van der Waals surface area contributed by atoms with E-state index in [1.807, 2.05) is 24.3 Å². The average Bonchev–Trinajstić information content (AvgIpc) is 3.20. The number of aliphatic carboxylic acids is 1. The number of carboxylic acid groups (broad SMARTS) is 1. The Morgan fingerprint density at radius 3 is 2.09 bits per heavy atom. The molecule has 0 heterocycles. The molecule has 0 radical (unpaired) electrons. The molecule has 2 amide bonds. The molecule has 2 aromatic rings. The molecule has 2 aromatic carbocycles. The number of carboxylic acids is 1. The van der Waals surface area contributed by atoms with E-state index in [0.29, 0.717) is 25.7 Å². The zero-order valence-corrected chi connectivity index (χ0v) is 20.4. The molecule has 3 N–H and O–H groups in total. The van der Waals surface area contributed by atoms with Gasteiger partial charge >= 0.3 is 12.1 Å². The van der Waals surface area contributed by atoms with Gasteiger partial charge in [-0.1, -0.05) is 75.2 Å². The second kappa shape index (κ2) is 10.5. The molecule has 2 aliphatic carbocycles. The maximum Gasteiger partial charge on any atom is 0.407 e. The largest absolute Gasteiger partial charge is 0.480 e. The van der Waals surface area contributed by atoms with E-state index in [4.69, 9.17) is 4.74 Å². The van der Waals surface area contributed by atoms with Crippen LogP contribution in [0.3, 0.4) is 0 Å². The molecule has 35 heavy (non-hydrogen) atoms. The molecule has 1 fully saturated rings. The number of carbonyl (C=O) groups is 3. The minimum atomic E-state index is -1.29. The molecule has 0 aliphatic heterocycles. The van der Waals surface area contributed by atoms with Crippen molar-refractivity contribution >= 4 is 18.0 Å². The summed E-state index contributed by atoms with van der Waals surface area (Å²) in [6, 6.07) is 15.9. The summed E-state index contributed by atoms with van der Waals surface area (Å²) >= 11 is 0. The van der Waals surface area contributed by atoms with Crippen molar-refractivity contribution in [1.82, 2.24) is 10.6 Å². The summed E-state index contributed by atoms with van der Waals surface area (Å²) < 4.78 is 5.68. The lowest BCUT2D eigenvalue weighted by Crippen LogP contribution is -2.58. The summed E-state index contributed by atoms with van der Waals surface area (Å²) in [4.78, 5) is 37.8. The Bertz CT molecular complexity index is 1050. The highest BCUT2D eigenvalue weighted by atomic mass is 16.5. The van der Waals surface area contributed by atoms with Gasteiger partial charge in [-0.05, 0) is 47.9 Å². The molecule has 2 atom stereocenters. The summed E-state index contributed by atoms with van der Waals surface area (Å²) in [6.07, 6.45) is 3.04. The Hall–Kier alpha value is -3.35. The van der Waals surface area contributed by atoms with Crippen molar-refractivity contribution in [3.63, 3.8) is 0 Å². The SMILES string of the molecule is CCC(CC)(NC(=O)C1CCCCC1NC(=O)OCC1c2ccccc2-c2ccccc21)C(=O)O. The first kappa shape index (κ1) is 24.8. The molecule has 2 unspecified atom stereocenters. The van der Waals surface area contributed by atoms with Gasteiger partial charge in [0.15, 0.2) is 0 Å². The molecule has 0 bridgehead atoms. The van der Waals surface area contributed by atoms with Gasteiger partial charge in [0.2, 0.25) is 5.91 Å². The Morgan fingerprint density at radius 2 is 1.51 bits per heavy atom. The highest BCUT2D eigenvalue weighted by molar-refractivity contribution is 5.88. The van der Waals surface area contributed by atoms with Crippen LogP contribution in [0.25, 0.3) is 11.1 Å². The Labute approximate surface area is 206 Å². The highest BCUT2D eigenvalue weighted by Gasteiger charge is 2.41. The minimum Gasteiger partial charge on any atom is -0.480 e. The Balaban J connectivity index is 1.41. The topological polar surface area (TPSA) is 105 Å². The standard InChI is InChI=1S/C28H34N2O5/c1-3-28(4-2,26(32)33)30-25(31)22-15-9-10-16-24(22)29-27(34)35-17-23-20-13-7-5-11-18(20)19-12-6-8-14-21(19)23/h5-8,11-14,22-24H,3-4,9-10,15-17H2,1-2H3,(H,29,34)(H,30,31)(H,32,33). The first-order valence-corrected chi connectivity index (χ1v) is 12.6. The fourth-order valence-corrected chi connectivity index (χ4v) is 5.52. The van der Waals surface area contributed by atoms with Gasteiger partial charge in [-0.3, -0.25) is 4.79 Å². The number of nitrogens with one attached hydrogen (secondary N) is 2. The van der Waals surface area contributed by atoms with Crippen LogP contribution >= 0.6 is 0 Å². The number of rotatable bonds is 8. The molecule has 0 saturated heterocycles. The van der Waals surface area contributed by atoms with Crippen LogP contribution in [0.4, 0.5) is 4.79 Å². The average molecular weight is 479 g/mol. The lowest BCUT2D eigenvalue weighted by Gasteiger charge is -2.35. The molecule has 4 rings (SSSR count). The number of fused-ring (bicyclic) bond motifs is 3. The van der Waals surface area contributed by atoms with Gasteiger partial charge in [0, 0.05) is 12.0 Å². The van der Waals surface area contributed by atoms with Gasteiger partial charge in [0.1, 0.15) is 12.1 Å². The number of amides is 2. The summed E-state index contributed by atoms with van der Waals surface area (Å²) in [6.45, 7) is 3.72. The number of hydrogen-bond donors (Lipinski definition) is 3. The molecule has 0 spiro atoms. The first-order chi connectivity index (χ1) is 16.9. The number of hydrogen-bond acceptors (Lipinski definition) is 4.